The van der Waals surface area contributed by atoms with Gasteiger partial charge < -0.3 is 0 Å². The summed E-state index contributed by atoms with van der Waals surface area (Å²) in [6, 6.07) is 16.8. The van der Waals surface area contributed by atoms with Crippen LogP contribution in [0.1, 0.15) is 55.7 Å². The van der Waals surface area contributed by atoms with Gasteiger partial charge in [0.25, 0.3) is 0 Å². The Morgan fingerprint density at radius 1 is 1.12 bits per heavy atom. The van der Waals surface area contributed by atoms with Crippen molar-refractivity contribution in [2.24, 2.45) is 5.92 Å². The highest BCUT2D eigenvalue weighted by Crippen LogP contribution is 2.44. The number of thioether (sulfide) groups is 1. The first kappa shape index (κ1) is 26.0. The minimum Gasteiger partial charge on any atom is -0.207 e. The predicted molar refractivity (Wildman–Crippen MR) is 138 cm³/mol. The maximum absolute atomic E-state index is 13.5. The summed E-state index contributed by atoms with van der Waals surface area (Å²) in [7, 11) is -3.79. The fraction of sp³-hybridized carbons (Fsp3) is 0.407. The van der Waals surface area contributed by atoms with Gasteiger partial charge in [0.1, 0.15) is 17.7 Å². The molecule has 0 aliphatic carbocycles. The van der Waals surface area contributed by atoms with Crippen LogP contribution >= 0.6 is 11.8 Å². The van der Waals surface area contributed by atoms with Crippen molar-refractivity contribution in [2.75, 3.05) is 5.75 Å². The number of nitrogens with zero attached hydrogens (tertiary/aromatic N) is 2. The molecule has 0 saturated carbocycles. The smallest absolute Gasteiger partial charge is 0.207 e. The summed E-state index contributed by atoms with van der Waals surface area (Å²) in [6.07, 6.45) is 4.70. The number of benzene rings is 2. The summed E-state index contributed by atoms with van der Waals surface area (Å²) in [5, 5.41) is 19.5. The molecule has 1 aliphatic heterocycles. The number of nitrogens with one attached hydrogen (secondary N) is 1. The van der Waals surface area contributed by atoms with Crippen molar-refractivity contribution in [3.63, 3.8) is 0 Å². The third kappa shape index (κ3) is 5.91. The zero-order valence-electron chi connectivity index (χ0n) is 20.0. The average molecular weight is 494 g/mol. The quantitative estimate of drug-likeness (QED) is 0.334. The molecule has 1 N–H and O–H groups in total. The third-order valence-corrected chi connectivity index (χ3v) is 9.08. The summed E-state index contributed by atoms with van der Waals surface area (Å²) in [5.74, 6) is 0.323. The maximum Gasteiger partial charge on any atom is 0.241 e. The van der Waals surface area contributed by atoms with E-state index in [1.807, 2.05) is 37.3 Å². The second-order valence-electron chi connectivity index (χ2n) is 8.77. The molecule has 0 amide bonds. The number of sulfonamides is 1. The minimum absolute atomic E-state index is 0.0574. The van der Waals surface area contributed by atoms with Gasteiger partial charge >= 0.3 is 0 Å². The molecule has 0 radical (unpaired) electrons. The van der Waals surface area contributed by atoms with Crippen LogP contribution in [-0.4, -0.2) is 20.2 Å². The molecule has 2 atom stereocenters. The number of allylic oxidation sites excluding steroid dienone is 1. The first-order valence-electron chi connectivity index (χ1n) is 11.7. The van der Waals surface area contributed by atoms with Crippen LogP contribution in [0.15, 0.2) is 57.8 Å². The van der Waals surface area contributed by atoms with Gasteiger partial charge in [-0.3, -0.25) is 0 Å². The van der Waals surface area contributed by atoms with Gasteiger partial charge in [-0.05, 0) is 49.1 Å². The first-order chi connectivity index (χ1) is 16.3. The van der Waals surface area contributed by atoms with E-state index < -0.39 is 16.1 Å². The molecule has 178 valence electrons. The predicted octanol–water partition coefficient (Wildman–Crippen LogP) is 6.14. The van der Waals surface area contributed by atoms with Crippen molar-refractivity contribution in [3.05, 3.63) is 64.7 Å². The SMILES string of the molecule is CCCCCC[C@H](NS(=O)(=O)c1ccc(C)cc1C)[C@H]1CSc2ccccc2C1=C(C#N)C#N. The fourth-order valence-electron chi connectivity index (χ4n) is 4.56. The minimum atomic E-state index is -3.79. The van der Waals surface area contributed by atoms with Crippen LogP contribution in [0.5, 0.6) is 0 Å². The molecule has 34 heavy (non-hydrogen) atoms. The molecular formula is C27H31N3O2S2. The number of fused-ring (bicyclic) bond motifs is 1. The molecule has 0 spiro atoms. The molecule has 1 heterocycles. The van der Waals surface area contributed by atoms with E-state index >= 15 is 0 Å². The van der Waals surface area contributed by atoms with Crippen molar-refractivity contribution >= 4 is 27.4 Å². The molecule has 0 aromatic heterocycles. The van der Waals surface area contributed by atoms with Gasteiger partial charge in [-0.15, -0.1) is 11.8 Å². The number of aryl methyl sites for hydroxylation is 2. The Morgan fingerprint density at radius 2 is 1.85 bits per heavy atom. The van der Waals surface area contributed by atoms with Gasteiger partial charge in [0, 0.05) is 22.6 Å². The lowest BCUT2D eigenvalue weighted by atomic mass is 9.83. The Balaban J connectivity index is 2.05. The molecule has 0 saturated heterocycles. The van der Waals surface area contributed by atoms with Crippen LogP contribution < -0.4 is 4.72 Å². The Hall–Kier alpha value is -2.58. The molecule has 3 rings (SSSR count). The fourth-order valence-corrected chi connectivity index (χ4v) is 7.36. The topological polar surface area (TPSA) is 93.8 Å². The van der Waals surface area contributed by atoms with Gasteiger partial charge in [-0.25, -0.2) is 13.1 Å². The zero-order chi connectivity index (χ0) is 24.7. The molecule has 0 fully saturated rings. The molecule has 2 aromatic rings. The lowest BCUT2D eigenvalue weighted by Gasteiger charge is -2.34. The van der Waals surface area contributed by atoms with E-state index in [1.54, 1.807) is 30.8 Å². The lowest BCUT2D eigenvalue weighted by Crippen LogP contribution is -2.43. The van der Waals surface area contributed by atoms with Crippen molar-refractivity contribution < 1.29 is 8.42 Å². The molecule has 5 nitrogen and oxygen atoms in total. The summed E-state index contributed by atoms with van der Waals surface area (Å²) < 4.78 is 30.0. The zero-order valence-corrected chi connectivity index (χ0v) is 21.6. The highest BCUT2D eigenvalue weighted by atomic mass is 32.2. The number of rotatable bonds is 9. The van der Waals surface area contributed by atoms with E-state index in [9.17, 15) is 18.9 Å². The molecular weight excluding hydrogens is 462 g/mol. The number of nitriles is 2. The van der Waals surface area contributed by atoms with E-state index in [4.69, 9.17) is 0 Å². The van der Waals surface area contributed by atoms with Gasteiger partial charge in [0.15, 0.2) is 0 Å². The summed E-state index contributed by atoms with van der Waals surface area (Å²) in [6.45, 7) is 5.88. The van der Waals surface area contributed by atoms with E-state index in [2.05, 4.69) is 23.8 Å². The van der Waals surface area contributed by atoms with Crippen molar-refractivity contribution in [1.29, 1.82) is 10.5 Å². The summed E-state index contributed by atoms with van der Waals surface area (Å²) in [5.41, 5.74) is 3.27. The van der Waals surface area contributed by atoms with Crippen LogP contribution in [0.4, 0.5) is 0 Å². The molecule has 0 unspecified atom stereocenters. The van der Waals surface area contributed by atoms with Gasteiger partial charge in [0.2, 0.25) is 10.0 Å². The Labute approximate surface area is 207 Å². The van der Waals surface area contributed by atoms with E-state index in [1.165, 1.54) is 0 Å². The van der Waals surface area contributed by atoms with Crippen LogP contribution in [0.2, 0.25) is 0 Å². The number of hydrogen-bond acceptors (Lipinski definition) is 5. The largest absolute Gasteiger partial charge is 0.241 e. The van der Waals surface area contributed by atoms with Crippen LogP contribution in [0.3, 0.4) is 0 Å². The van der Waals surface area contributed by atoms with Crippen molar-refractivity contribution in [2.45, 2.75) is 68.7 Å². The third-order valence-electron chi connectivity index (χ3n) is 6.24. The second-order valence-corrected chi connectivity index (χ2v) is 11.5. The van der Waals surface area contributed by atoms with Gasteiger partial charge in [0.05, 0.1) is 4.90 Å². The second kappa shape index (κ2) is 11.7. The monoisotopic (exact) mass is 493 g/mol. The van der Waals surface area contributed by atoms with E-state index in [-0.39, 0.29) is 16.4 Å². The Morgan fingerprint density at radius 3 is 2.53 bits per heavy atom. The molecule has 7 heteroatoms. The normalized spacial score (nSPS) is 16.3. The maximum atomic E-state index is 13.5. The standard InChI is InChI=1S/C27H31N3O2S2/c1-4-5-6-7-11-24(30-34(31,32)26-14-13-19(2)15-20(26)3)23-18-33-25-12-9-8-10-22(25)27(23)21(16-28)17-29/h8-10,12-15,23-24,30H,4-7,11,18H2,1-3H3/t23-,24+/m1/s1. The molecule has 2 aromatic carbocycles. The van der Waals surface area contributed by atoms with Gasteiger partial charge in [-0.1, -0.05) is 68.5 Å². The van der Waals surface area contributed by atoms with Crippen LogP contribution in [-0.2, 0) is 10.0 Å². The Bertz CT molecular complexity index is 1240. The average Bonchev–Trinajstić information content (AvgIpc) is 2.81. The van der Waals surface area contributed by atoms with Crippen molar-refractivity contribution in [1.82, 2.24) is 4.72 Å². The van der Waals surface area contributed by atoms with Gasteiger partial charge in [-0.2, -0.15) is 10.5 Å². The van der Waals surface area contributed by atoms with E-state index in [0.717, 1.165) is 41.7 Å². The first-order valence-corrected chi connectivity index (χ1v) is 14.2. The van der Waals surface area contributed by atoms with Crippen LogP contribution in [0, 0.1) is 42.4 Å². The van der Waals surface area contributed by atoms with E-state index in [0.29, 0.717) is 23.3 Å². The summed E-state index contributed by atoms with van der Waals surface area (Å²) in [4.78, 5) is 1.28. The highest BCUT2D eigenvalue weighted by molar-refractivity contribution is 7.99. The Kier molecular flexibility index (Phi) is 8.97. The molecule has 0 bridgehead atoms. The number of hydrogen-bond donors (Lipinski definition) is 1. The highest BCUT2D eigenvalue weighted by Gasteiger charge is 2.35. The molecule has 1 aliphatic rings. The van der Waals surface area contributed by atoms with Crippen molar-refractivity contribution in [3.8, 4) is 12.1 Å². The summed E-state index contributed by atoms with van der Waals surface area (Å²) >= 11 is 1.65. The number of unbranched alkanes of at least 4 members (excludes halogenated alkanes) is 3. The lowest BCUT2D eigenvalue weighted by molar-refractivity contribution is 0.444. The van der Waals surface area contributed by atoms with Crippen LogP contribution in [0.25, 0.3) is 5.57 Å².